The van der Waals surface area contributed by atoms with E-state index in [1.54, 1.807) is 11.8 Å². The van der Waals surface area contributed by atoms with Gasteiger partial charge in [-0.3, -0.25) is 0 Å². The molecule has 0 aromatic carbocycles. The lowest BCUT2D eigenvalue weighted by atomic mass is 10.5. The van der Waals surface area contributed by atoms with Gasteiger partial charge < -0.3 is 4.57 Å². The minimum absolute atomic E-state index is 0.412. The van der Waals surface area contributed by atoms with Crippen LogP contribution in [0.3, 0.4) is 0 Å². The highest BCUT2D eigenvalue weighted by atomic mass is 35.5. The first-order valence-corrected chi connectivity index (χ1v) is 6.81. The van der Waals surface area contributed by atoms with Gasteiger partial charge in [0.1, 0.15) is 10.7 Å². The van der Waals surface area contributed by atoms with Crippen molar-refractivity contribution in [2.45, 2.75) is 34.8 Å². The van der Waals surface area contributed by atoms with E-state index < -0.39 is 4.33 Å². The predicted molar refractivity (Wildman–Crippen MR) is 61.6 cm³/mol. The van der Waals surface area contributed by atoms with E-state index >= 15 is 0 Å². The summed E-state index contributed by atoms with van der Waals surface area (Å²) in [4.78, 5) is 0. The van der Waals surface area contributed by atoms with E-state index in [4.69, 9.17) is 23.2 Å². The van der Waals surface area contributed by atoms with E-state index in [2.05, 4.69) is 14.8 Å². The number of hydrogen-bond donors (Lipinski definition) is 0. The molecular formula is C9H11Cl2N3S. The fraction of sp³-hybridized carbons (Fsp3) is 0.778. The van der Waals surface area contributed by atoms with Crippen LogP contribution >= 0.6 is 35.0 Å². The molecule has 0 aliphatic heterocycles. The Morgan fingerprint density at radius 3 is 2.87 bits per heavy atom. The highest BCUT2D eigenvalue weighted by Crippen LogP contribution is 2.54. The first-order valence-electron chi connectivity index (χ1n) is 5.07. The quantitative estimate of drug-likeness (QED) is 0.618. The highest BCUT2D eigenvalue weighted by molar-refractivity contribution is 7.99. The largest absolute Gasteiger partial charge is 0.306 e. The number of hydrogen-bond acceptors (Lipinski definition) is 3. The number of alkyl halides is 2. The molecule has 2 fully saturated rings. The molecule has 15 heavy (non-hydrogen) atoms. The fourth-order valence-corrected chi connectivity index (χ4v) is 3.48. The van der Waals surface area contributed by atoms with Gasteiger partial charge in [-0.25, -0.2) is 0 Å². The molecule has 6 heteroatoms. The van der Waals surface area contributed by atoms with Crippen molar-refractivity contribution in [2.24, 2.45) is 5.92 Å². The molecular weight excluding hydrogens is 253 g/mol. The van der Waals surface area contributed by atoms with Crippen LogP contribution in [0, 0.1) is 5.92 Å². The summed E-state index contributed by atoms with van der Waals surface area (Å²) in [6.45, 7) is 0. The fourth-order valence-electron chi connectivity index (χ4n) is 1.56. The molecule has 2 aliphatic carbocycles. The third-order valence-corrected chi connectivity index (χ3v) is 4.90. The molecule has 3 nitrogen and oxygen atoms in total. The summed E-state index contributed by atoms with van der Waals surface area (Å²) in [6.07, 6.45) is 5.23. The van der Waals surface area contributed by atoms with Gasteiger partial charge in [0, 0.05) is 17.7 Å². The SMILES string of the molecule is ClC1(Cl)C[C@H]1CSc1nncn1C1CC1. The Morgan fingerprint density at radius 2 is 2.27 bits per heavy atom. The van der Waals surface area contributed by atoms with Crippen molar-refractivity contribution < 1.29 is 0 Å². The van der Waals surface area contributed by atoms with Crippen LogP contribution in [0.1, 0.15) is 25.3 Å². The Morgan fingerprint density at radius 1 is 1.53 bits per heavy atom. The van der Waals surface area contributed by atoms with E-state index in [-0.39, 0.29) is 0 Å². The molecule has 3 rings (SSSR count). The average Bonchev–Trinajstić information content (AvgIpc) is 3.06. The van der Waals surface area contributed by atoms with Crippen molar-refractivity contribution in [3.63, 3.8) is 0 Å². The van der Waals surface area contributed by atoms with Crippen molar-refractivity contribution in [1.82, 2.24) is 14.8 Å². The Balaban J connectivity index is 1.60. The summed E-state index contributed by atoms with van der Waals surface area (Å²) in [7, 11) is 0. The van der Waals surface area contributed by atoms with Crippen LogP contribution in [0.5, 0.6) is 0 Å². The maximum absolute atomic E-state index is 5.97. The summed E-state index contributed by atoms with van der Waals surface area (Å²) in [5, 5.41) is 9.07. The zero-order valence-corrected chi connectivity index (χ0v) is 10.4. The predicted octanol–water partition coefficient (Wildman–Crippen LogP) is 2.90. The molecule has 0 spiro atoms. The first kappa shape index (κ1) is 10.2. The third-order valence-electron chi connectivity index (χ3n) is 2.85. The third kappa shape index (κ3) is 2.12. The average molecular weight is 264 g/mol. The van der Waals surface area contributed by atoms with Crippen molar-refractivity contribution in [2.75, 3.05) is 5.75 Å². The van der Waals surface area contributed by atoms with E-state index in [1.807, 2.05) is 6.33 Å². The maximum atomic E-state index is 5.97. The van der Waals surface area contributed by atoms with Gasteiger partial charge in [-0.1, -0.05) is 11.8 Å². The summed E-state index contributed by atoms with van der Waals surface area (Å²) >= 11 is 13.7. The van der Waals surface area contributed by atoms with Crippen molar-refractivity contribution >= 4 is 35.0 Å². The standard InChI is InChI=1S/C9H11Cl2N3S/c10-9(11)3-6(9)4-15-8-13-12-5-14(8)7-1-2-7/h5-7H,1-4H2/t6-/m0/s1. The van der Waals surface area contributed by atoms with Crippen LogP contribution in [-0.2, 0) is 0 Å². The zero-order valence-electron chi connectivity index (χ0n) is 8.07. The van der Waals surface area contributed by atoms with Crippen molar-refractivity contribution in [3.05, 3.63) is 6.33 Å². The minimum Gasteiger partial charge on any atom is -0.306 e. The molecule has 1 atom stereocenters. The van der Waals surface area contributed by atoms with E-state index in [9.17, 15) is 0 Å². The topological polar surface area (TPSA) is 30.7 Å². The number of halogens is 2. The van der Waals surface area contributed by atoms with Gasteiger partial charge in [0.25, 0.3) is 0 Å². The maximum Gasteiger partial charge on any atom is 0.191 e. The van der Waals surface area contributed by atoms with Gasteiger partial charge in [-0.05, 0) is 19.3 Å². The van der Waals surface area contributed by atoms with E-state index in [1.165, 1.54) is 12.8 Å². The summed E-state index contributed by atoms with van der Waals surface area (Å²) < 4.78 is 1.69. The second kappa shape index (κ2) is 3.54. The van der Waals surface area contributed by atoms with Crippen LogP contribution in [0.25, 0.3) is 0 Å². The molecule has 0 bridgehead atoms. The van der Waals surface area contributed by atoms with Crippen LogP contribution in [0.2, 0.25) is 0 Å². The van der Waals surface area contributed by atoms with Gasteiger partial charge >= 0.3 is 0 Å². The molecule has 0 amide bonds. The normalized spacial score (nSPS) is 28.0. The lowest BCUT2D eigenvalue weighted by molar-refractivity contribution is 0.662. The second-order valence-corrected chi connectivity index (χ2v) is 6.75. The monoisotopic (exact) mass is 263 g/mol. The second-order valence-electron chi connectivity index (χ2n) is 4.23. The molecule has 2 saturated carbocycles. The minimum atomic E-state index is -0.475. The molecule has 0 unspecified atom stereocenters. The lowest BCUT2D eigenvalue weighted by Gasteiger charge is -2.03. The molecule has 0 saturated heterocycles. The molecule has 0 N–H and O–H groups in total. The number of nitrogens with zero attached hydrogens (tertiary/aromatic N) is 3. The number of rotatable bonds is 4. The summed E-state index contributed by atoms with van der Waals surface area (Å²) in [5.74, 6) is 1.36. The number of thioether (sulfide) groups is 1. The van der Waals surface area contributed by atoms with Gasteiger partial charge in [-0.15, -0.1) is 33.4 Å². The zero-order chi connectivity index (χ0) is 10.5. The first-order chi connectivity index (χ1) is 7.17. The summed E-state index contributed by atoms with van der Waals surface area (Å²) in [6, 6.07) is 0.637. The Labute approximate surface area is 103 Å². The van der Waals surface area contributed by atoms with Crippen LogP contribution in [-0.4, -0.2) is 24.9 Å². The smallest absolute Gasteiger partial charge is 0.191 e. The van der Waals surface area contributed by atoms with Gasteiger partial charge in [0.15, 0.2) is 5.16 Å². The molecule has 0 radical (unpaired) electrons. The molecule has 2 aliphatic rings. The Bertz CT molecular complexity index is 375. The van der Waals surface area contributed by atoms with Crippen molar-refractivity contribution in [1.29, 1.82) is 0 Å². The molecule has 1 aromatic rings. The van der Waals surface area contributed by atoms with Gasteiger partial charge in [0.2, 0.25) is 0 Å². The summed E-state index contributed by atoms with van der Waals surface area (Å²) in [5.41, 5.74) is 0. The van der Waals surface area contributed by atoms with Gasteiger partial charge in [0.05, 0.1) is 0 Å². The van der Waals surface area contributed by atoms with Crippen molar-refractivity contribution in [3.8, 4) is 0 Å². The molecule has 1 heterocycles. The van der Waals surface area contributed by atoms with Crippen LogP contribution in [0.15, 0.2) is 11.5 Å². The van der Waals surface area contributed by atoms with E-state index in [0.717, 1.165) is 17.3 Å². The Hall–Kier alpha value is 0.0700. The lowest BCUT2D eigenvalue weighted by Crippen LogP contribution is -1.98. The number of aromatic nitrogens is 3. The molecule has 1 aromatic heterocycles. The highest BCUT2D eigenvalue weighted by Gasteiger charge is 2.51. The molecule has 82 valence electrons. The van der Waals surface area contributed by atoms with Gasteiger partial charge in [-0.2, -0.15) is 0 Å². The van der Waals surface area contributed by atoms with E-state index in [0.29, 0.717) is 12.0 Å². The van der Waals surface area contributed by atoms with Crippen LogP contribution in [0.4, 0.5) is 0 Å². The Kier molecular flexibility index (Phi) is 2.41. The van der Waals surface area contributed by atoms with Crippen LogP contribution < -0.4 is 0 Å².